The summed E-state index contributed by atoms with van der Waals surface area (Å²) in [6.45, 7) is 1.78. The molecule has 0 unspecified atom stereocenters. The maximum atomic E-state index is 13.5. The third-order valence-electron chi connectivity index (χ3n) is 7.77. The number of aryl methyl sites for hydroxylation is 1. The number of Topliss-reactive ketones (excluding diaryl/α,β-unsaturated/α-hetero) is 1. The molecule has 36 heavy (non-hydrogen) atoms. The highest BCUT2D eigenvalue weighted by molar-refractivity contribution is 9.12. The molecule has 0 spiro atoms. The van der Waals surface area contributed by atoms with Gasteiger partial charge in [-0.25, -0.2) is 0 Å². The van der Waals surface area contributed by atoms with Crippen molar-refractivity contribution in [1.29, 1.82) is 0 Å². The van der Waals surface area contributed by atoms with Crippen LogP contribution in [-0.4, -0.2) is 51.0 Å². The normalized spacial score (nSPS) is 27.4. The standard InChI is InChI=1S/C27H24BrNO7/c1-12-4-2-5-14(24(12)33)21-13-7-8-15-22(27(36)29(26(15)35)9-3-6-20(31)32)16(13)10-17-23(21)19(30)11-18(28)25(17)34/h2,4-5,7,11,15-16,21-22,33H,3,6,8-10H2,1H3,(H,31,32)/t15-,16+,21+,22-/m0/s1. The van der Waals surface area contributed by atoms with Gasteiger partial charge in [0.2, 0.25) is 11.8 Å². The second-order valence-corrected chi connectivity index (χ2v) is 10.6. The van der Waals surface area contributed by atoms with E-state index in [0.29, 0.717) is 28.7 Å². The van der Waals surface area contributed by atoms with Gasteiger partial charge in [0.25, 0.3) is 0 Å². The quantitative estimate of drug-likeness (QED) is 0.325. The lowest BCUT2D eigenvalue weighted by molar-refractivity contribution is -0.142. The van der Waals surface area contributed by atoms with Gasteiger partial charge in [-0.2, -0.15) is 0 Å². The molecule has 0 aromatic heterocycles. The lowest BCUT2D eigenvalue weighted by Crippen LogP contribution is -2.39. The highest BCUT2D eigenvalue weighted by Gasteiger charge is 2.56. The minimum Gasteiger partial charge on any atom is -0.507 e. The third kappa shape index (κ3) is 3.68. The molecule has 9 heteroatoms. The Morgan fingerprint density at radius 3 is 2.61 bits per heavy atom. The number of rotatable bonds is 5. The number of aromatic hydroxyl groups is 1. The monoisotopic (exact) mass is 553 g/mol. The van der Waals surface area contributed by atoms with Crippen molar-refractivity contribution in [1.82, 2.24) is 4.90 Å². The summed E-state index contributed by atoms with van der Waals surface area (Å²) in [4.78, 5) is 65.1. The number of halogens is 1. The van der Waals surface area contributed by atoms with Crippen LogP contribution in [0, 0.1) is 24.7 Å². The summed E-state index contributed by atoms with van der Waals surface area (Å²) in [7, 11) is 0. The van der Waals surface area contributed by atoms with Gasteiger partial charge in [-0.15, -0.1) is 0 Å². The van der Waals surface area contributed by atoms with E-state index in [1.165, 1.54) is 6.08 Å². The van der Waals surface area contributed by atoms with Gasteiger partial charge in [0.1, 0.15) is 5.75 Å². The number of imide groups is 1. The summed E-state index contributed by atoms with van der Waals surface area (Å²) in [6, 6.07) is 5.24. The van der Waals surface area contributed by atoms with E-state index in [9.17, 15) is 29.1 Å². The Kier molecular flexibility index (Phi) is 6.06. The third-order valence-corrected chi connectivity index (χ3v) is 8.36. The Labute approximate surface area is 215 Å². The van der Waals surface area contributed by atoms with E-state index in [0.717, 1.165) is 10.5 Å². The molecule has 2 amide bonds. The fourth-order valence-corrected chi connectivity index (χ4v) is 6.60. The molecule has 1 fully saturated rings. The summed E-state index contributed by atoms with van der Waals surface area (Å²) in [5.41, 5.74) is 2.47. The van der Waals surface area contributed by atoms with E-state index in [-0.39, 0.29) is 59.4 Å². The van der Waals surface area contributed by atoms with Crippen LogP contribution >= 0.6 is 15.9 Å². The van der Waals surface area contributed by atoms with Gasteiger partial charge in [-0.1, -0.05) is 29.8 Å². The summed E-state index contributed by atoms with van der Waals surface area (Å²) in [5.74, 6) is -4.85. The zero-order chi connectivity index (χ0) is 25.9. The lowest BCUT2D eigenvalue weighted by atomic mass is 9.59. The Bertz CT molecular complexity index is 1340. The number of amides is 2. The fraction of sp³-hybridized carbons (Fsp3) is 0.370. The summed E-state index contributed by atoms with van der Waals surface area (Å²) >= 11 is 3.19. The van der Waals surface area contributed by atoms with Crippen LogP contribution in [0.15, 0.2) is 51.6 Å². The first-order valence-corrected chi connectivity index (χ1v) is 12.7. The molecule has 2 N–H and O–H groups in total. The number of aliphatic carboxylic acids is 1. The molecule has 186 valence electrons. The molecular weight excluding hydrogens is 530 g/mol. The Balaban J connectivity index is 1.60. The second kappa shape index (κ2) is 8.96. The Hall–Kier alpha value is -3.33. The van der Waals surface area contributed by atoms with E-state index in [4.69, 9.17) is 5.11 Å². The smallest absolute Gasteiger partial charge is 0.303 e. The van der Waals surface area contributed by atoms with Crippen LogP contribution in [0.2, 0.25) is 0 Å². The molecule has 1 aliphatic heterocycles. The van der Waals surface area contributed by atoms with E-state index in [1.54, 1.807) is 25.1 Å². The highest BCUT2D eigenvalue weighted by atomic mass is 79.9. The Morgan fingerprint density at radius 1 is 1.14 bits per heavy atom. The number of likely N-dealkylation sites (tertiary alicyclic amines) is 1. The minimum atomic E-state index is -0.998. The van der Waals surface area contributed by atoms with Crippen molar-refractivity contribution in [2.45, 2.75) is 38.5 Å². The van der Waals surface area contributed by atoms with Crippen LogP contribution in [0.4, 0.5) is 0 Å². The number of para-hydroxylation sites is 1. The number of fused-ring (bicyclic) bond motifs is 3. The number of phenols is 1. The zero-order valence-corrected chi connectivity index (χ0v) is 21.1. The van der Waals surface area contributed by atoms with Gasteiger partial charge in [-0.3, -0.25) is 28.9 Å². The van der Waals surface area contributed by atoms with Crippen molar-refractivity contribution in [3.8, 4) is 5.75 Å². The van der Waals surface area contributed by atoms with E-state index in [1.807, 2.05) is 6.08 Å². The molecule has 4 aliphatic rings. The first-order chi connectivity index (χ1) is 17.1. The Morgan fingerprint density at radius 2 is 1.89 bits per heavy atom. The van der Waals surface area contributed by atoms with Crippen molar-refractivity contribution in [3.63, 3.8) is 0 Å². The second-order valence-electron chi connectivity index (χ2n) is 9.73. The first kappa shape index (κ1) is 24.4. The number of nitrogens with zero attached hydrogens (tertiary/aromatic N) is 1. The van der Waals surface area contributed by atoms with Gasteiger partial charge in [-0.05, 0) is 53.6 Å². The zero-order valence-electron chi connectivity index (χ0n) is 19.5. The van der Waals surface area contributed by atoms with Gasteiger partial charge < -0.3 is 10.2 Å². The van der Waals surface area contributed by atoms with Gasteiger partial charge in [0.05, 0.1) is 16.3 Å². The van der Waals surface area contributed by atoms with E-state index in [2.05, 4.69) is 15.9 Å². The lowest BCUT2D eigenvalue weighted by Gasteiger charge is -2.42. The van der Waals surface area contributed by atoms with Crippen LogP contribution in [-0.2, 0) is 24.0 Å². The predicted molar refractivity (Wildman–Crippen MR) is 131 cm³/mol. The van der Waals surface area contributed by atoms with Crippen LogP contribution in [0.25, 0.3) is 0 Å². The van der Waals surface area contributed by atoms with Crippen molar-refractivity contribution in [3.05, 3.63) is 62.7 Å². The molecule has 8 nitrogen and oxygen atoms in total. The molecule has 1 heterocycles. The number of ketones is 2. The number of carboxylic acid groups (broad SMARTS) is 1. The molecule has 1 aromatic carbocycles. The molecule has 0 radical (unpaired) electrons. The molecular formula is C27H24BrNO7. The number of benzene rings is 1. The van der Waals surface area contributed by atoms with Crippen molar-refractivity contribution < 1.29 is 34.2 Å². The maximum absolute atomic E-state index is 13.5. The molecule has 3 aliphatic carbocycles. The van der Waals surface area contributed by atoms with E-state index >= 15 is 0 Å². The summed E-state index contributed by atoms with van der Waals surface area (Å²) < 4.78 is 0.141. The van der Waals surface area contributed by atoms with Crippen molar-refractivity contribution in [2.75, 3.05) is 6.54 Å². The number of hydrogen-bond acceptors (Lipinski definition) is 6. The molecule has 1 saturated heterocycles. The topological polar surface area (TPSA) is 129 Å². The number of allylic oxidation sites excluding steroid dienone is 6. The average molecular weight is 554 g/mol. The summed E-state index contributed by atoms with van der Waals surface area (Å²) in [5, 5.41) is 19.9. The largest absolute Gasteiger partial charge is 0.507 e. The van der Waals surface area contributed by atoms with E-state index < -0.39 is 29.6 Å². The molecule has 0 bridgehead atoms. The molecule has 4 atom stereocenters. The molecule has 5 rings (SSSR count). The fourth-order valence-electron chi connectivity index (χ4n) is 6.15. The van der Waals surface area contributed by atoms with Crippen molar-refractivity contribution >= 4 is 45.3 Å². The predicted octanol–water partition coefficient (Wildman–Crippen LogP) is 3.33. The number of carboxylic acids is 1. The highest BCUT2D eigenvalue weighted by Crippen LogP contribution is 2.56. The van der Waals surface area contributed by atoms with Crippen LogP contribution in [0.5, 0.6) is 5.75 Å². The number of phenolic OH excluding ortho intramolecular Hbond substituents is 1. The van der Waals surface area contributed by atoms with Gasteiger partial charge >= 0.3 is 5.97 Å². The van der Waals surface area contributed by atoms with Gasteiger partial charge in [0.15, 0.2) is 11.6 Å². The number of hydrogen-bond donors (Lipinski definition) is 2. The maximum Gasteiger partial charge on any atom is 0.303 e. The minimum absolute atomic E-state index is 0.0241. The number of carbonyl (C=O) groups is 5. The molecule has 0 saturated carbocycles. The average Bonchev–Trinajstić information content (AvgIpc) is 3.08. The van der Waals surface area contributed by atoms with Crippen LogP contribution in [0.1, 0.15) is 42.7 Å². The molecule has 1 aromatic rings. The van der Waals surface area contributed by atoms with Crippen LogP contribution < -0.4 is 0 Å². The van der Waals surface area contributed by atoms with Crippen molar-refractivity contribution in [2.24, 2.45) is 17.8 Å². The SMILES string of the molecule is Cc1cccc([C@H]2C3=CC[C@@H]4C(=O)N(CCCC(=O)O)C(=O)[C@@H]4[C@@H]3CC3=C2C(=O)C=C(Br)C3=O)c1O. The summed E-state index contributed by atoms with van der Waals surface area (Å²) in [6.07, 6.45) is 3.59. The van der Waals surface area contributed by atoms with Crippen LogP contribution in [0.3, 0.4) is 0 Å². The van der Waals surface area contributed by atoms with Gasteiger partial charge in [0, 0.05) is 41.7 Å². The number of carbonyl (C=O) groups excluding carboxylic acids is 4. The first-order valence-electron chi connectivity index (χ1n) is 11.9.